The van der Waals surface area contributed by atoms with Crippen LogP contribution in [0.15, 0.2) is 27.6 Å². The Morgan fingerprint density at radius 2 is 2.28 bits per heavy atom. The van der Waals surface area contributed by atoms with Gasteiger partial charge < -0.3 is 10.5 Å². The van der Waals surface area contributed by atoms with Crippen LogP contribution in [0.3, 0.4) is 0 Å². The summed E-state index contributed by atoms with van der Waals surface area (Å²) in [5.74, 6) is 0.247. The lowest BCUT2D eigenvalue weighted by Gasteiger charge is -2.12. The Bertz CT molecular complexity index is 527. The van der Waals surface area contributed by atoms with Crippen LogP contribution in [0.1, 0.15) is 6.42 Å². The number of nitrogen functional groups attached to an aromatic ring is 1. The van der Waals surface area contributed by atoms with Crippen LogP contribution >= 0.6 is 15.9 Å². The molecule has 1 fully saturated rings. The van der Waals surface area contributed by atoms with E-state index in [1.54, 1.807) is 12.1 Å². The zero-order valence-electron chi connectivity index (χ0n) is 9.73. The minimum atomic E-state index is -3.55. The van der Waals surface area contributed by atoms with Gasteiger partial charge in [-0.05, 0) is 30.5 Å². The number of sulfonamides is 1. The molecule has 1 aromatic carbocycles. The molecule has 1 unspecified atom stereocenters. The van der Waals surface area contributed by atoms with Gasteiger partial charge in [-0.25, -0.2) is 13.1 Å². The standard InChI is InChI=1S/C11H15BrN2O3S/c12-9-1-2-11(10(13)5-9)18(15,16)14-6-8-3-4-17-7-8/h1-2,5,8,14H,3-4,6-7,13H2. The highest BCUT2D eigenvalue weighted by Gasteiger charge is 2.21. The molecular formula is C11H15BrN2O3S. The normalized spacial score (nSPS) is 20.2. The summed E-state index contributed by atoms with van der Waals surface area (Å²) in [5.41, 5.74) is 5.95. The molecule has 1 aromatic rings. The predicted octanol–water partition coefficient (Wildman–Crippen LogP) is 1.35. The molecule has 5 nitrogen and oxygen atoms in total. The Kier molecular flexibility index (Phi) is 4.26. The van der Waals surface area contributed by atoms with Crippen molar-refractivity contribution in [1.29, 1.82) is 0 Å². The molecule has 0 aromatic heterocycles. The second-order valence-corrected chi connectivity index (χ2v) is 6.91. The number of rotatable bonds is 4. The van der Waals surface area contributed by atoms with E-state index < -0.39 is 10.0 Å². The number of hydrogen-bond donors (Lipinski definition) is 2. The number of anilines is 1. The second kappa shape index (κ2) is 5.56. The number of nitrogens with one attached hydrogen (secondary N) is 1. The van der Waals surface area contributed by atoms with Gasteiger partial charge in [0.25, 0.3) is 0 Å². The fourth-order valence-electron chi connectivity index (χ4n) is 1.81. The molecule has 7 heteroatoms. The molecule has 2 rings (SSSR count). The minimum Gasteiger partial charge on any atom is -0.398 e. The van der Waals surface area contributed by atoms with Crippen molar-refractivity contribution in [3.8, 4) is 0 Å². The van der Waals surface area contributed by atoms with Gasteiger partial charge in [0.1, 0.15) is 4.90 Å². The average Bonchev–Trinajstić information content (AvgIpc) is 2.78. The van der Waals surface area contributed by atoms with E-state index in [1.165, 1.54) is 6.07 Å². The maximum atomic E-state index is 12.1. The van der Waals surface area contributed by atoms with Crippen molar-refractivity contribution in [2.24, 2.45) is 5.92 Å². The SMILES string of the molecule is Nc1cc(Br)ccc1S(=O)(=O)NCC1CCOC1. The van der Waals surface area contributed by atoms with E-state index in [4.69, 9.17) is 10.5 Å². The zero-order chi connectivity index (χ0) is 13.2. The molecule has 3 N–H and O–H groups in total. The van der Waals surface area contributed by atoms with Crippen LogP contribution in [0.4, 0.5) is 5.69 Å². The summed E-state index contributed by atoms with van der Waals surface area (Å²) in [6.45, 7) is 1.70. The molecule has 1 saturated heterocycles. The number of benzene rings is 1. The van der Waals surface area contributed by atoms with Crippen molar-refractivity contribution < 1.29 is 13.2 Å². The number of hydrogen-bond acceptors (Lipinski definition) is 4. The summed E-state index contributed by atoms with van der Waals surface area (Å²) in [7, 11) is -3.55. The molecule has 0 spiro atoms. The molecule has 0 amide bonds. The van der Waals surface area contributed by atoms with Crippen molar-refractivity contribution in [3.05, 3.63) is 22.7 Å². The Morgan fingerprint density at radius 3 is 2.89 bits per heavy atom. The minimum absolute atomic E-state index is 0.115. The highest BCUT2D eigenvalue weighted by atomic mass is 79.9. The predicted molar refractivity (Wildman–Crippen MR) is 72.7 cm³/mol. The van der Waals surface area contributed by atoms with E-state index in [9.17, 15) is 8.42 Å². The molecule has 0 radical (unpaired) electrons. The third kappa shape index (κ3) is 3.23. The summed E-state index contributed by atoms with van der Waals surface area (Å²) in [6.07, 6.45) is 0.887. The fourth-order valence-corrected chi connectivity index (χ4v) is 3.42. The Hall–Kier alpha value is -0.630. The first-order valence-corrected chi connectivity index (χ1v) is 7.89. The van der Waals surface area contributed by atoms with Gasteiger partial charge in [-0.3, -0.25) is 0 Å². The van der Waals surface area contributed by atoms with Crippen LogP contribution in [-0.4, -0.2) is 28.2 Å². The molecule has 0 aliphatic carbocycles. The first-order valence-electron chi connectivity index (χ1n) is 5.61. The molecular weight excluding hydrogens is 320 g/mol. The van der Waals surface area contributed by atoms with Crippen molar-refractivity contribution in [2.75, 3.05) is 25.5 Å². The van der Waals surface area contributed by atoms with Crippen molar-refractivity contribution in [3.63, 3.8) is 0 Å². The van der Waals surface area contributed by atoms with Gasteiger partial charge in [0.15, 0.2) is 0 Å². The lowest BCUT2D eigenvalue weighted by atomic mass is 10.1. The summed E-state index contributed by atoms with van der Waals surface area (Å²) in [5, 5.41) is 0. The van der Waals surface area contributed by atoms with Gasteiger partial charge in [0.05, 0.1) is 12.3 Å². The van der Waals surface area contributed by atoms with E-state index in [0.29, 0.717) is 19.8 Å². The van der Waals surface area contributed by atoms with Gasteiger partial charge in [0.2, 0.25) is 10.0 Å². The lowest BCUT2D eigenvalue weighted by Crippen LogP contribution is -2.30. The van der Waals surface area contributed by atoms with Gasteiger partial charge in [0, 0.05) is 17.6 Å². The molecule has 1 aliphatic heterocycles. The molecule has 18 heavy (non-hydrogen) atoms. The van der Waals surface area contributed by atoms with Crippen molar-refractivity contribution in [2.45, 2.75) is 11.3 Å². The van der Waals surface area contributed by atoms with Gasteiger partial charge in [-0.15, -0.1) is 0 Å². The maximum Gasteiger partial charge on any atom is 0.242 e. The number of halogens is 1. The summed E-state index contributed by atoms with van der Waals surface area (Å²) < 4.78 is 32.7. The highest BCUT2D eigenvalue weighted by Crippen LogP contribution is 2.23. The van der Waals surface area contributed by atoms with Crippen molar-refractivity contribution in [1.82, 2.24) is 4.72 Å². The van der Waals surface area contributed by atoms with E-state index in [1.807, 2.05) is 0 Å². The number of nitrogens with two attached hydrogens (primary N) is 1. The van der Waals surface area contributed by atoms with E-state index >= 15 is 0 Å². The smallest absolute Gasteiger partial charge is 0.242 e. The molecule has 1 heterocycles. The first-order chi connectivity index (χ1) is 8.49. The Labute approximate surface area is 115 Å². The van der Waals surface area contributed by atoms with Gasteiger partial charge >= 0.3 is 0 Å². The quantitative estimate of drug-likeness (QED) is 0.814. The van der Waals surface area contributed by atoms with Crippen LogP contribution in [0.2, 0.25) is 0 Å². The summed E-state index contributed by atoms with van der Waals surface area (Å²) >= 11 is 3.24. The summed E-state index contributed by atoms with van der Waals surface area (Å²) in [6, 6.07) is 4.73. The number of ether oxygens (including phenoxy) is 1. The summed E-state index contributed by atoms with van der Waals surface area (Å²) in [4.78, 5) is 0.115. The monoisotopic (exact) mass is 334 g/mol. The van der Waals surface area contributed by atoms with Crippen LogP contribution < -0.4 is 10.5 Å². The Morgan fingerprint density at radius 1 is 1.50 bits per heavy atom. The topological polar surface area (TPSA) is 81.4 Å². The first kappa shape index (κ1) is 13.8. The average molecular weight is 335 g/mol. The molecule has 0 bridgehead atoms. The maximum absolute atomic E-state index is 12.1. The largest absolute Gasteiger partial charge is 0.398 e. The van der Waals surface area contributed by atoms with Crippen LogP contribution in [0.5, 0.6) is 0 Å². The van der Waals surface area contributed by atoms with E-state index in [-0.39, 0.29) is 16.5 Å². The van der Waals surface area contributed by atoms with E-state index in [0.717, 1.165) is 10.9 Å². The second-order valence-electron chi connectivity index (χ2n) is 4.26. The van der Waals surface area contributed by atoms with Gasteiger partial charge in [-0.2, -0.15) is 0 Å². The van der Waals surface area contributed by atoms with Gasteiger partial charge in [-0.1, -0.05) is 15.9 Å². The van der Waals surface area contributed by atoms with Crippen LogP contribution in [0.25, 0.3) is 0 Å². The van der Waals surface area contributed by atoms with Crippen LogP contribution in [0, 0.1) is 5.92 Å². The molecule has 1 atom stereocenters. The third-order valence-corrected chi connectivity index (χ3v) is 4.84. The Balaban J connectivity index is 2.09. The third-order valence-electron chi connectivity index (χ3n) is 2.85. The van der Waals surface area contributed by atoms with Crippen LogP contribution in [-0.2, 0) is 14.8 Å². The molecule has 0 saturated carbocycles. The molecule has 1 aliphatic rings. The zero-order valence-corrected chi connectivity index (χ0v) is 12.1. The van der Waals surface area contributed by atoms with Crippen molar-refractivity contribution >= 4 is 31.6 Å². The fraction of sp³-hybridized carbons (Fsp3) is 0.455. The highest BCUT2D eigenvalue weighted by molar-refractivity contribution is 9.10. The lowest BCUT2D eigenvalue weighted by molar-refractivity contribution is 0.186. The van der Waals surface area contributed by atoms with E-state index in [2.05, 4.69) is 20.7 Å². The molecule has 100 valence electrons.